The minimum atomic E-state index is -3.44. The van der Waals surface area contributed by atoms with Crippen LogP contribution in [-0.2, 0) is 21.5 Å². The van der Waals surface area contributed by atoms with Crippen LogP contribution in [0.1, 0.15) is 42.4 Å². The summed E-state index contributed by atoms with van der Waals surface area (Å²) in [6, 6.07) is 13.1. The molecule has 2 aliphatic rings. The molecule has 2 fully saturated rings. The van der Waals surface area contributed by atoms with E-state index in [-0.39, 0.29) is 24.1 Å². The second kappa shape index (κ2) is 11.5. The fraction of sp³-hybridized carbons (Fsp3) is 0.519. The van der Waals surface area contributed by atoms with Crippen LogP contribution in [0.4, 0.5) is 10.1 Å². The van der Waals surface area contributed by atoms with E-state index in [1.165, 1.54) is 4.31 Å². The summed E-state index contributed by atoms with van der Waals surface area (Å²) in [7, 11) is -3.44. The number of hydrogen-bond donors (Lipinski definition) is 0. The summed E-state index contributed by atoms with van der Waals surface area (Å²) in [6.45, 7) is 6.19. The molecule has 0 bridgehead atoms. The number of benzene rings is 2. The Morgan fingerprint density at radius 2 is 1.81 bits per heavy atom. The Hall–Kier alpha value is -2.16. The smallest absolute Gasteiger partial charge is 0.227 e. The van der Waals surface area contributed by atoms with Crippen molar-refractivity contribution in [2.24, 2.45) is 5.92 Å². The average molecular weight is 536 g/mol. The van der Waals surface area contributed by atoms with E-state index in [9.17, 15) is 17.6 Å². The van der Waals surface area contributed by atoms with E-state index in [1.807, 2.05) is 49.1 Å². The molecule has 0 aromatic heterocycles. The molecule has 2 heterocycles. The molecule has 2 aliphatic heterocycles. The molecular weight excluding hydrogens is 501 g/mol. The van der Waals surface area contributed by atoms with Gasteiger partial charge in [0.05, 0.1) is 11.7 Å². The summed E-state index contributed by atoms with van der Waals surface area (Å²) < 4.78 is 41.1. The highest BCUT2D eigenvalue weighted by Crippen LogP contribution is 2.38. The molecule has 2 aromatic rings. The molecule has 2 unspecified atom stereocenters. The highest BCUT2D eigenvalue weighted by molar-refractivity contribution is 7.89. The predicted molar refractivity (Wildman–Crippen MR) is 143 cm³/mol. The third kappa shape index (κ3) is 5.71. The molecule has 36 heavy (non-hydrogen) atoms. The van der Waals surface area contributed by atoms with Gasteiger partial charge in [-0.15, -0.1) is 0 Å². The van der Waals surface area contributed by atoms with Gasteiger partial charge < -0.3 is 9.80 Å². The van der Waals surface area contributed by atoms with Gasteiger partial charge in [-0.25, -0.2) is 17.1 Å². The Bertz CT molecular complexity index is 1180. The molecule has 0 saturated carbocycles. The second-order valence-corrected chi connectivity index (χ2v) is 12.3. The maximum Gasteiger partial charge on any atom is 0.227 e. The van der Waals surface area contributed by atoms with Crippen molar-refractivity contribution in [1.29, 1.82) is 0 Å². The first-order chi connectivity index (χ1) is 17.2. The van der Waals surface area contributed by atoms with Gasteiger partial charge in [-0.1, -0.05) is 48.9 Å². The van der Waals surface area contributed by atoms with Crippen molar-refractivity contribution in [3.63, 3.8) is 0 Å². The van der Waals surface area contributed by atoms with Gasteiger partial charge in [-0.05, 0) is 54.5 Å². The maximum atomic E-state index is 13.9. The van der Waals surface area contributed by atoms with Crippen LogP contribution in [0.25, 0.3) is 0 Å². The average Bonchev–Trinajstić information content (AvgIpc) is 2.89. The van der Waals surface area contributed by atoms with E-state index in [4.69, 9.17) is 11.6 Å². The van der Waals surface area contributed by atoms with Gasteiger partial charge in [-0.3, -0.25) is 4.79 Å². The number of sulfonamides is 1. The highest BCUT2D eigenvalue weighted by Gasteiger charge is 2.41. The fourth-order valence-corrected chi connectivity index (χ4v) is 7.24. The monoisotopic (exact) mass is 535 g/mol. The van der Waals surface area contributed by atoms with Gasteiger partial charge in [0.15, 0.2) is 0 Å². The molecule has 2 atom stereocenters. The van der Waals surface area contributed by atoms with Crippen molar-refractivity contribution in [3.8, 4) is 0 Å². The lowest BCUT2D eigenvalue weighted by Crippen LogP contribution is -2.55. The number of carbonyl (C=O) groups is 1. The SMILES string of the molecule is CCCS(=O)(=O)N1CCC(c2ccccc2CF)C(C(=O)N2CCN(c3cc(Cl)ccc3C)CC2)C1. The molecule has 4 rings (SSSR count). The number of nitrogens with zero attached hydrogens (tertiary/aromatic N) is 3. The maximum absolute atomic E-state index is 13.9. The summed E-state index contributed by atoms with van der Waals surface area (Å²) in [5.74, 6) is -0.743. The Labute approximate surface area is 219 Å². The number of piperidine rings is 1. The topological polar surface area (TPSA) is 60.9 Å². The molecule has 2 saturated heterocycles. The Morgan fingerprint density at radius 1 is 1.08 bits per heavy atom. The first-order valence-electron chi connectivity index (χ1n) is 12.7. The minimum absolute atomic E-state index is 0.0486. The van der Waals surface area contributed by atoms with Crippen molar-refractivity contribution in [1.82, 2.24) is 9.21 Å². The van der Waals surface area contributed by atoms with Crippen LogP contribution >= 0.6 is 11.6 Å². The Balaban J connectivity index is 1.56. The van der Waals surface area contributed by atoms with Crippen molar-refractivity contribution < 1.29 is 17.6 Å². The first-order valence-corrected chi connectivity index (χ1v) is 14.6. The fourth-order valence-electron chi connectivity index (χ4n) is 5.53. The minimum Gasteiger partial charge on any atom is -0.368 e. The number of aryl methyl sites for hydroxylation is 1. The van der Waals surface area contributed by atoms with Crippen LogP contribution in [-0.4, -0.2) is 68.6 Å². The second-order valence-electron chi connectivity index (χ2n) is 9.75. The molecule has 0 aliphatic carbocycles. The zero-order valence-electron chi connectivity index (χ0n) is 21.0. The van der Waals surface area contributed by atoms with Crippen LogP contribution in [0, 0.1) is 12.8 Å². The van der Waals surface area contributed by atoms with Gasteiger partial charge >= 0.3 is 0 Å². The van der Waals surface area contributed by atoms with Crippen molar-refractivity contribution in [2.75, 3.05) is 49.9 Å². The standard InChI is InChI=1S/C27H35ClFN3O3S/c1-3-16-36(34,35)32-11-10-24(23-7-5-4-6-21(23)18-29)25(19-32)27(33)31-14-12-30(13-15-31)26-17-22(28)9-8-20(26)2/h4-9,17,24-25H,3,10-16,18-19H2,1-2H3. The largest absolute Gasteiger partial charge is 0.368 e. The zero-order chi connectivity index (χ0) is 25.9. The Kier molecular flexibility index (Phi) is 8.58. The van der Waals surface area contributed by atoms with Crippen molar-refractivity contribution in [3.05, 3.63) is 64.2 Å². The summed E-state index contributed by atoms with van der Waals surface area (Å²) in [5.41, 5.74) is 3.59. The molecule has 0 N–H and O–H groups in total. The molecule has 6 nitrogen and oxygen atoms in total. The van der Waals surface area contributed by atoms with Crippen LogP contribution in [0.2, 0.25) is 5.02 Å². The number of carbonyl (C=O) groups excluding carboxylic acids is 1. The van der Waals surface area contributed by atoms with Gasteiger partial charge in [-0.2, -0.15) is 0 Å². The third-order valence-electron chi connectivity index (χ3n) is 7.45. The zero-order valence-corrected chi connectivity index (χ0v) is 22.6. The van der Waals surface area contributed by atoms with Gasteiger partial charge in [0.2, 0.25) is 15.9 Å². The van der Waals surface area contributed by atoms with E-state index in [1.54, 1.807) is 12.1 Å². The lowest BCUT2D eigenvalue weighted by molar-refractivity contribution is -0.137. The lowest BCUT2D eigenvalue weighted by atomic mass is 9.78. The number of alkyl halides is 1. The number of piperazine rings is 1. The van der Waals surface area contributed by atoms with Crippen LogP contribution in [0.3, 0.4) is 0 Å². The predicted octanol–water partition coefficient (Wildman–Crippen LogP) is 4.61. The number of amides is 1. The lowest BCUT2D eigenvalue weighted by Gasteiger charge is -2.42. The molecule has 2 aromatic carbocycles. The van der Waals surface area contributed by atoms with Crippen LogP contribution in [0.5, 0.6) is 0 Å². The van der Waals surface area contributed by atoms with Gasteiger partial charge in [0.1, 0.15) is 6.67 Å². The number of hydrogen-bond acceptors (Lipinski definition) is 4. The number of rotatable bonds is 7. The molecular formula is C27H35ClFN3O3S. The molecule has 1 amide bonds. The van der Waals surface area contributed by atoms with E-state index < -0.39 is 22.6 Å². The normalized spacial score (nSPS) is 21.6. The molecule has 0 radical (unpaired) electrons. The van der Waals surface area contributed by atoms with Gasteiger partial charge in [0.25, 0.3) is 0 Å². The Morgan fingerprint density at radius 3 is 2.50 bits per heavy atom. The van der Waals surface area contributed by atoms with E-state index in [2.05, 4.69) is 4.90 Å². The van der Waals surface area contributed by atoms with E-state index in [0.717, 1.165) is 16.8 Å². The molecule has 0 spiro atoms. The van der Waals surface area contributed by atoms with Crippen molar-refractivity contribution >= 4 is 33.2 Å². The van der Waals surface area contributed by atoms with E-state index >= 15 is 0 Å². The van der Waals surface area contributed by atoms with Crippen molar-refractivity contribution in [2.45, 2.75) is 39.3 Å². The quantitative estimate of drug-likeness (QED) is 0.519. The summed E-state index contributed by atoms with van der Waals surface area (Å²) >= 11 is 6.22. The molecule has 196 valence electrons. The highest BCUT2D eigenvalue weighted by atomic mass is 35.5. The van der Waals surface area contributed by atoms with Crippen LogP contribution in [0.15, 0.2) is 42.5 Å². The molecule has 9 heteroatoms. The summed E-state index contributed by atoms with van der Waals surface area (Å²) in [6.07, 6.45) is 1.02. The van der Waals surface area contributed by atoms with Gasteiger partial charge in [0, 0.05) is 50.0 Å². The number of anilines is 1. The third-order valence-corrected chi connectivity index (χ3v) is 9.73. The summed E-state index contributed by atoms with van der Waals surface area (Å²) in [4.78, 5) is 18.0. The summed E-state index contributed by atoms with van der Waals surface area (Å²) in [5, 5.41) is 0.680. The van der Waals surface area contributed by atoms with E-state index in [0.29, 0.717) is 56.2 Å². The number of halogens is 2. The first kappa shape index (κ1) is 26.9. The van der Waals surface area contributed by atoms with Crippen LogP contribution < -0.4 is 4.90 Å².